The number of carboxylic acid groups (broad SMARTS) is 1. The number of hydrogen-bond acceptors (Lipinski definition) is 3. The van der Waals surface area contributed by atoms with Crippen molar-refractivity contribution in [1.29, 1.82) is 0 Å². The summed E-state index contributed by atoms with van der Waals surface area (Å²) in [4.78, 5) is 24.4. The average Bonchev–Trinajstić information content (AvgIpc) is 2.53. The van der Waals surface area contributed by atoms with Gasteiger partial charge in [-0.1, -0.05) is 0 Å². The topological polar surface area (TPSA) is 69.6 Å². The van der Waals surface area contributed by atoms with Crippen LogP contribution in [0.2, 0.25) is 0 Å². The molecule has 1 aromatic rings. The number of aryl methyl sites for hydroxylation is 1. The summed E-state index contributed by atoms with van der Waals surface area (Å²) in [5.41, 5.74) is 1.91. The van der Waals surface area contributed by atoms with E-state index < -0.39 is 5.97 Å². The Labute approximate surface area is 105 Å². The van der Waals surface area contributed by atoms with Gasteiger partial charge in [-0.15, -0.1) is 0 Å². The van der Waals surface area contributed by atoms with Crippen LogP contribution in [0.15, 0.2) is 18.2 Å². The van der Waals surface area contributed by atoms with Gasteiger partial charge in [-0.3, -0.25) is 4.79 Å². The highest BCUT2D eigenvalue weighted by Gasteiger charge is 2.16. The Balaban J connectivity index is 2.25. The second-order valence-corrected chi connectivity index (χ2v) is 4.43. The van der Waals surface area contributed by atoms with Crippen LogP contribution in [0.3, 0.4) is 0 Å². The van der Waals surface area contributed by atoms with Crippen LogP contribution < -0.4 is 10.2 Å². The molecule has 2 rings (SSSR count). The maximum absolute atomic E-state index is 11.5. The number of carbonyl (C=O) groups is 2. The Morgan fingerprint density at radius 1 is 1.44 bits per heavy atom. The highest BCUT2D eigenvalue weighted by molar-refractivity contribution is 5.90. The van der Waals surface area contributed by atoms with E-state index >= 15 is 0 Å². The number of nitrogens with one attached hydrogen (secondary N) is 1. The van der Waals surface area contributed by atoms with E-state index in [1.807, 2.05) is 11.0 Å². The summed E-state index contributed by atoms with van der Waals surface area (Å²) >= 11 is 0. The Morgan fingerprint density at radius 3 is 2.89 bits per heavy atom. The highest BCUT2D eigenvalue weighted by atomic mass is 16.4. The summed E-state index contributed by atoms with van der Waals surface area (Å²) < 4.78 is 0. The fourth-order valence-corrected chi connectivity index (χ4v) is 2.11. The van der Waals surface area contributed by atoms with Crippen molar-refractivity contribution in [2.75, 3.05) is 24.5 Å². The second kappa shape index (κ2) is 5.08. The maximum atomic E-state index is 11.5. The lowest BCUT2D eigenvalue weighted by Crippen LogP contribution is -2.33. The number of amides is 1. The predicted molar refractivity (Wildman–Crippen MR) is 68.0 cm³/mol. The Hall–Kier alpha value is -2.04. The largest absolute Gasteiger partial charge is 0.478 e. The molecule has 1 saturated heterocycles. The van der Waals surface area contributed by atoms with Crippen molar-refractivity contribution in [3.05, 3.63) is 29.3 Å². The van der Waals surface area contributed by atoms with Gasteiger partial charge < -0.3 is 15.3 Å². The van der Waals surface area contributed by atoms with E-state index in [1.54, 1.807) is 19.1 Å². The van der Waals surface area contributed by atoms with Crippen LogP contribution in [0.25, 0.3) is 0 Å². The summed E-state index contributed by atoms with van der Waals surface area (Å²) in [5, 5.41) is 11.8. The molecule has 96 valence electrons. The molecule has 0 unspecified atom stereocenters. The van der Waals surface area contributed by atoms with Crippen LogP contribution in [0.5, 0.6) is 0 Å². The van der Waals surface area contributed by atoms with Crippen molar-refractivity contribution in [3.63, 3.8) is 0 Å². The zero-order valence-electron chi connectivity index (χ0n) is 10.3. The van der Waals surface area contributed by atoms with Gasteiger partial charge in [0, 0.05) is 18.8 Å². The molecule has 0 atom stereocenters. The van der Waals surface area contributed by atoms with E-state index in [1.165, 1.54) is 0 Å². The van der Waals surface area contributed by atoms with Crippen molar-refractivity contribution in [3.8, 4) is 0 Å². The standard InChI is InChI=1S/C13H16N2O3/c1-9-7-10(3-4-11(9)13(17)18)15-6-2-5-14-12(16)8-15/h3-4,7H,2,5-6,8H2,1H3,(H,14,16)(H,17,18). The lowest BCUT2D eigenvalue weighted by Gasteiger charge is -2.22. The molecule has 5 heteroatoms. The Morgan fingerprint density at radius 2 is 2.22 bits per heavy atom. The van der Waals surface area contributed by atoms with Gasteiger partial charge in [-0.25, -0.2) is 4.79 Å². The van der Waals surface area contributed by atoms with E-state index in [9.17, 15) is 9.59 Å². The third-order valence-electron chi connectivity index (χ3n) is 3.07. The number of hydrogen-bond donors (Lipinski definition) is 2. The zero-order valence-corrected chi connectivity index (χ0v) is 10.3. The molecule has 1 amide bonds. The minimum Gasteiger partial charge on any atom is -0.478 e. The molecule has 1 heterocycles. The monoisotopic (exact) mass is 248 g/mol. The van der Waals surface area contributed by atoms with E-state index in [0.717, 1.165) is 18.7 Å². The van der Waals surface area contributed by atoms with E-state index in [0.29, 0.717) is 24.2 Å². The third-order valence-corrected chi connectivity index (χ3v) is 3.07. The predicted octanol–water partition coefficient (Wildman–Crippen LogP) is 1.02. The van der Waals surface area contributed by atoms with Crippen LogP contribution in [0, 0.1) is 6.92 Å². The molecule has 2 N–H and O–H groups in total. The zero-order chi connectivity index (χ0) is 13.1. The fourth-order valence-electron chi connectivity index (χ4n) is 2.11. The maximum Gasteiger partial charge on any atom is 0.335 e. The first-order valence-electron chi connectivity index (χ1n) is 5.93. The van der Waals surface area contributed by atoms with Crippen LogP contribution in [-0.4, -0.2) is 36.6 Å². The van der Waals surface area contributed by atoms with Gasteiger partial charge in [0.1, 0.15) is 0 Å². The molecule has 0 radical (unpaired) electrons. The van der Waals surface area contributed by atoms with E-state index in [-0.39, 0.29) is 5.91 Å². The van der Waals surface area contributed by atoms with Crippen LogP contribution in [-0.2, 0) is 4.79 Å². The molecule has 1 aliphatic rings. The molecule has 0 bridgehead atoms. The third kappa shape index (κ3) is 2.61. The first kappa shape index (κ1) is 12.4. The summed E-state index contributed by atoms with van der Waals surface area (Å²) in [6, 6.07) is 5.17. The minimum absolute atomic E-state index is 0.00691. The summed E-state index contributed by atoms with van der Waals surface area (Å²) in [6.07, 6.45) is 0.894. The highest BCUT2D eigenvalue weighted by Crippen LogP contribution is 2.20. The molecule has 18 heavy (non-hydrogen) atoms. The van der Waals surface area contributed by atoms with Gasteiger partial charge >= 0.3 is 5.97 Å². The van der Waals surface area contributed by atoms with E-state index in [4.69, 9.17) is 5.11 Å². The number of rotatable bonds is 2. The molecular formula is C13H16N2O3. The van der Waals surface area contributed by atoms with Gasteiger partial charge in [-0.2, -0.15) is 0 Å². The smallest absolute Gasteiger partial charge is 0.335 e. The Kier molecular flexibility index (Phi) is 3.50. The SMILES string of the molecule is Cc1cc(N2CCCNC(=O)C2)ccc1C(=O)O. The lowest BCUT2D eigenvalue weighted by molar-refractivity contribution is -0.119. The minimum atomic E-state index is -0.923. The van der Waals surface area contributed by atoms with Crippen LogP contribution in [0.1, 0.15) is 22.3 Å². The van der Waals surface area contributed by atoms with Crippen molar-refractivity contribution >= 4 is 17.6 Å². The number of aromatic carboxylic acids is 1. The van der Waals surface area contributed by atoms with Crippen LogP contribution >= 0.6 is 0 Å². The molecule has 0 saturated carbocycles. The number of anilines is 1. The van der Waals surface area contributed by atoms with Crippen LogP contribution in [0.4, 0.5) is 5.69 Å². The first-order chi connectivity index (χ1) is 8.58. The quantitative estimate of drug-likeness (QED) is 0.819. The molecule has 1 fully saturated rings. The van der Waals surface area contributed by atoms with Crippen molar-refractivity contribution in [1.82, 2.24) is 5.32 Å². The second-order valence-electron chi connectivity index (χ2n) is 4.43. The van der Waals surface area contributed by atoms with Crippen molar-refractivity contribution in [2.45, 2.75) is 13.3 Å². The van der Waals surface area contributed by atoms with Gasteiger partial charge in [0.05, 0.1) is 12.1 Å². The Bertz CT molecular complexity index is 485. The van der Waals surface area contributed by atoms with E-state index in [2.05, 4.69) is 5.32 Å². The first-order valence-corrected chi connectivity index (χ1v) is 5.93. The molecule has 1 aromatic carbocycles. The molecule has 0 aliphatic carbocycles. The molecule has 0 spiro atoms. The van der Waals surface area contributed by atoms with Gasteiger partial charge in [0.25, 0.3) is 0 Å². The fraction of sp³-hybridized carbons (Fsp3) is 0.385. The normalized spacial score (nSPS) is 16.1. The average molecular weight is 248 g/mol. The van der Waals surface area contributed by atoms with Crippen molar-refractivity contribution in [2.24, 2.45) is 0 Å². The lowest BCUT2D eigenvalue weighted by atomic mass is 10.1. The molecule has 1 aliphatic heterocycles. The summed E-state index contributed by atoms with van der Waals surface area (Å²) in [7, 11) is 0. The molecule has 5 nitrogen and oxygen atoms in total. The number of carboxylic acids is 1. The number of carbonyl (C=O) groups excluding carboxylic acids is 1. The van der Waals surface area contributed by atoms with Gasteiger partial charge in [0.15, 0.2) is 0 Å². The van der Waals surface area contributed by atoms with Crippen molar-refractivity contribution < 1.29 is 14.7 Å². The number of nitrogens with zero attached hydrogens (tertiary/aromatic N) is 1. The van der Waals surface area contributed by atoms with Gasteiger partial charge in [0.2, 0.25) is 5.91 Å². The van der Waals surface area contributed by atoms with Gasteiger partial charge in [-0.05, 0) is 37.1 Å². The number of benzene rings is 1. The molecular weight excluding hydrogens is 232 g/mol. The summed E-state index contributed by atoms with van der Waals surface area (Å²) in [5.74, 6) is -0.917. The molecule has 0 aromatic heterocycles. The summed E-state index contributed by atoms with van der Waals surface area (Å²) in [6.45, 7) is 3.59.